The summed E-state index contributed by atoms with van der Waals surface area (Å²) >= 11 is 5.79. The number of ether oxygens (including phenoxy) is 2. The highest BCUT2D eigenvalue weighted by Gasteiger charge is 2.43. The second kappa shape index (κ2) is 6.82. The van der Waals surface area contributed by atoms with Crippen LogP contribution >= 0.6 is 11.6 Å². The molecule has 1 aliphatic rings. The molecule has 0 saturated carbocycles. The number of hydrogen-bond acceptors (Lipinski definition) is 6. The monoisotopic (exact) mass is 304 g/mol. The fraction of sp³-hybridized carbons (Fsp3) is 0.538. The van der Waals surface area contributed by atoms with Crippen molar-refractivity contribution in [1.82, 2.24) is 0 Å². The molecule has 1 fully saturated rings. The second-order valence-electron chi connectivity index (χ2n) is 4.58. The summed E-state index contributed by atoms with van der Waals surface area (Å²) in [6.07, 6.45) is -5.19. The third kappa shape index (κ3) is 3.29. The van der Waals surface area contributed by atoms with Crippen molar-refractivity contribution in [3.8, 4) is 0 Å². The maximum atomic E-state index is 9.88. The van der Waals surface area contributed by atoms with Crippen LogP contribution in [0.1, 0.15) is 11.9 Å². The number of halogens is 1. The maximum Gasteiger partial charge on any atom is 0.184 e. The molecule has 0 spiro atoms. The van der Waals surface area contributed by atoms with Gasteiger partial charge in [-0.25, -0.2) is 0 Å². The van der Waals surface area contributed by atoms with Gasteiger partial charge in [0, 0.05) is 10.6 Å². The van der Waals surface area contributed by atoms with Gasteiger partial charge in [-0.2, -0.15) is 0 Å². The molecule has 0 bridgehead atoms. The van der Waals surface area contributed by atoms with Crippen molar-refractivity contribution in [1.29, 1.82) is 0 Å². The summed E-state index contributed by atoms with van der Waals surface area (Å²) in [6, 6.07) is 6.76. The summed E-state index contributed by atoms with van der Waals surface area (Å²) in [5.41, 5.74) is 0.682. The Balaban J connectivity index is 2.11. The van der Waals surface area contributed by atoms with E-state index in [1.807, 2.05) is 0 Å². The van der Waals surface area contributed by atoms with E-state index in [4.69, 9.17) is 26.2 Å². The minimum Gasteiger partial charge on any atom is -0.394 e. The molecular weight excluding hydrogens is 288 g/mol. The fourth-order valence-electron chi connectivity index (χ4n) is 2.05. The Bertz CT molecular complexity index is 425. The molecule has 1 heterocycles. The van der Waals surface area contributed by atoms with Gasteiger partial charge >= 0.3 is 0 Å². The van der Waals surface area contributed by atoms with E-state index >= 15 is 0 Å². The summed E-state index contributed by atoms with van der Waals surface area (Å²) in [5.74, 6) is 0. The molecule has 1 aromatic carbocycles. The number of aliphatic hydroxyl groups is 4. The van der Waals surface area contributed by atoms with Crippen LogP contribution in [0.2, 0.25) is 5.02 Å². The molecule has 112 valence electrons. The predicted molar refractivity (Wildman–Crippen MR) is 70.1 cm³/mol. The minimum absolute atomic E-state index is 0.371. The lowest BCUT2D eigenvalue weighted by Crippen LogP contribution is -2.45. The van der Waals surface area contributed by atoms with Crippen LogP contribution < -0.4 is 0 Å². The summed E-state index contributed by atoms with van der Waals surface area (Å²) in [4.78, 5) is 0. The van der Waals surface area contributed by atoms with Crippen LogP contribution in [0.15, 0.2) is 24.3 Å². The molecule has 0 aliphatic carbocycles. The summed E-state index contributed by atoms with van der Waals surface area (Å²) in [6.45, 7) is -0.977. The van der Waals surface area contributed by atoms with E-state index < -0.39 is 37.3 Å². The molecule has 1 aromatic rings. The maximum absolute atomic E-state index is 9.88. The Kier molecular flexibility index (Phi) is 5.34. The summed E-state index contributed by atoms with van der Waals surface area (Å²) in [7, 11) is 0. The molecule has 2 rings (SSSR count). The first kappa shape index (κ1) is 15.7. The van der Waals surface area contributed by atoms with Gasteiger partial charge in [-0.05, 0) is 12.1 Å². The molecule has 0 radical (unpaired) electrons. The highest BCUT2D eigenvalue weighted by molar-refractivity contribution is 6.30. The van der Waals surface area contributed by atoms with Gasteiger partial charge in [0.1, 0.15) is 24.4 Å². The summed E-state index contributed by atoms with van der Waals surface area (Å²) in [5, 5.41) is 38.0. The van der Waals surface area contributed by atoms with E-state index in [1.165, 1.54) is 0 Å². The smallest absolute Gasteiger partial charge is 0.184 e. The highest BCUT2D eigenvalue weighted by Crippen LogP contribution is 2.33. The number of benzene rings is 1. The molecule has 0 aromatic heterocycles. The van der Waals surface area contributed by atoms with Gasteiger partial charge in [0.25, 0.3) is 0 Å². The standard InChI is InChI=1S/C13H17ClO6/c14-8-3-1-7(2-4-8)13-19-10(6-16)12(20-13)11(18)9(17)5-15/h1-4,9-13,15-18H,5-6H2/t9-,10+,11-,12-,13?/m1/s1. The lowest BCUT2D eigenvalue weighted by atomic mass is 10.0. The zero-order chi connectivity index (χ0) is 14.7. The van der Waals surface area contributed by atoms with E-state index in [1.54, 1.807) is 24.3 Å². The fourth-order valence-corrected chi connectivity index (χ4v) is 2.18. The number of hydrogen-bond donors (Lipinski definition) is 4. The minimum atomic E-state index is -1.36. The topological polar surface area (TPSA) is 99.4 Å². The van der Waals surface area contributed by atoms with Crippen LogP contribution in [0.4, 0.5) is 0 Å². The average molecular weight is 305 g/mol. The van der Waals surface area contributed by atoms with E-state index in [0.717, 1.165) is 0 Å². The SMILES string of the molecule is OC[C@@H](O)[C@@H](O)[C@@H]1OC(c2ccc(Cl)cc2)O[C@H]1CO. The molecule has 6 nitrogen and oxygen atoms in total. The first-order valence-corrected chi connectivity index (χ1v) is 6.59. The van der Waals surface area contributed by atoms with E-state index in [2.05, 4.69) is 0 Å². The van der Waals surface area contributed by atoms with Gasteiger partial charge < -0.3 is 29.9 Å². The van der Waals surface area contributed by atoms with E-state index in [-0.39, 0.29) is 6.61 Å². The van der Waals surface area contributed by atoms with Crippen LogP contribution in [0.25, 0.3) is 0 Å². The zero-order valence-corrected chi connectivity index (χ0v) is 11.3. The lowest BCUT2D eigenvalue weighted by Gasteiger charge is -2.23. The van der Waals surface area contributed by atoms with Crippen LogP contribution in [0, 0.1) is 0 Å². The quantitative estimate of drug-likeness (QED) is 0.603. The van der Waals surface area contributed by atoms with Crippen molar-refractivity contribution >= 4 is 11.6 Å². The Morgan fingerprint density at radius 1 is 1.10 bits per heavy atom. The van der Waals surface area contributed by atoms with Crippen LogP contribution in [-0.4, -0.2) is 58.1 Å². The Morgan fingerprint density at radius 3 is 2.30 bits per heavy atom. The van der Waals surface area contributed by atoms with Crippen molar-refractivity contribution < 1.29 is 29.9 Å². The van der Waals surface area contributed by atoms with Gasteiger partial charge in [0.05, 0.1) is 13.2 Å². The van der Waals surface area contributed by atoms with Gasteiger partial charge in [0.15, 0.2) is 6.29 Å². The van der Waals surface area contributed by atoms with Crippen molar-refractivity contribution in [2.24, 2.45) is 0 Å². The van der Waals surface area contributed by atoms with Gasteiger partial charge in [0.2, 0.25) is 0 Å². The van der Waals surface area contributed by atoms with Crippen molar-refractivity contribution in [3.63, 3.8) is 0 Å². The Morgan fingerprint density at radius 2 is 1.75 bits per heavy atom. The molecular formula is C13H17ClO6. The zero-order valence-electron chi connectivity index (χ0n) is 10.6. The Hall–Kier alpha value is -0.730. The van der Waals surface area contributed by atoms with Crippen LogP contribution in [0.5, 0.6) is 0 Å². The molecule has 1 saturated heterocycles. The first-order valence-electron chi connectivity index (χ1n) is 6.21. The largest absolute Gasteiger partial charge is 0.394 e. The molecule has 0 amide bonds. The predicted octanol–water partition coefficient (Wildman–Crippen LogP) is -0.171. The van der Waals surface area contributed by atoms with Crippen LogP contribution in [0.3, 0.4) is 0 Å². The molecule has 1 unspecified atom stereocenters. The molecule has 1 aliphatic heterocycles. The molecule has 5 atom stereocenters. The van der Waals surface area contributed by atoms with Gasteiger partial charge in [-0.3, -0.25) is 0 Å². The first-order chi connectivity index (χ1) is 9.56. The Labute approximate surface area is 121 Å². The van der Waals surface area contributed by atoms with Crippen molar-refractivity contribution in [2.75, 3.05) is 13.2 Å². The van der Waals surface area contributed by atoms with Gasteiger partial charge in [-0.1, -0.05) is 23.7 Å². The molecule has 7 heteroatoms. The van der Waals surface area contributed by atoms with Crippen molar-refractivity contribution in [3.05, 3.63) is 34.9 Å². The van der Waals surface area contributed by atoms with E-state index in [9.17, 15) is 15.3 Å². The van der Waals surface area contributed by atoms with E-state index in [0.29, 0.717) is 10.6 Å². The second-order valence-corrected chi connectivity index (χ2v) is 5.02. The third-order valence-electron chi connectivity index (χ3n) is 3.19. The summed E-state index contributed by atoms with van der Waals surface area (Å²) < 4.78 is 11.0. The molecule has 20 heavy (non-hydrogen) atoms. The highest BCUT2D eigenvalue weighted by atomic mass is 35.5. The number of aliphatic hydroxyl groups excluding tert-OH is 4. The number of rotatable bonds is 5. The van der Waals surface area contributed by atoms with Crippen molar-refractivity contribution in [2.45, 2.75) is 30.7 Å². The van der Waals surface area contributed by atoms with Crippen LogP contribution in [-0.2, 0) is 9.47 Å². The average Bonchev–Trinajstić information content (AvgIpc) is 2.90. The molecule has 4 N–H and O–H groups in total. The normalized spacial score (nSPS) is 29.4. The third-order valence-corrected chi connectivity index (χ3v) is 3.44. The lowest BCUT2D eigenvalue weighted by molar-refractivity contribution is -0.113. The van der Waals surface area contributed by atoms with Gasteiger partial charge in [-0.15, -0.1) is 0 Å².